The van der Waals surface area contributed by atoms with Gasteiger partial charge in [-0.25, -0.2) is 0 Å². The van der Waals surface area contributed by atoms with E-state index < -0.39 is 30.3 Å². The average Bonchev–Trinajstić information content (AvgIpc) is 2.69. The molecule has 18 heavy (non-hydrogen) atoms. The number of furan rings is 1. The fourth-order valence-corrected chi connectivity index (χ4v) is 1.59. The van der Waals surface area contributed by atoms with Crippen LogP contribution >= 0.6 is 0 Å². The van der Waals surface area contributed by atoms with Crippen molar-refractivity contribution in [3.63, 3.8) is 0 Å². The predicted octanol–water partition coefficient (Wildman–Crippen LogP) is 2.60. The quantitative estimate of drug-likeness (QED) is 0.729. The first kappa shape index (κ1) is 13.5. The van der Waals surface area contributed by atoms with E-state index in [2.05, 4.69) is 0 Å². The predicted molar refractivity (Wildman–Crippen MR) is 59.4 cm³/mol. The minimum Gasteiger partial charge on any atom is -0.460 e. The Bertz CT molecular complexity index is 435. The molecule has 0 N–H and O–H groups in total. The number of halogens is 3. The number of alkyl halides is 3. The van der Waals surface area contributed by atoms with Gasteiger partial charge in [-0.15, -0.1) is 0 Å². The van der Waals surface area contributed by atoms with E-state index in [0.29, 0.717) is 0 Å². The summed E-state index contributed by atoms with van der Waals surface area (Å²) < 4.78 is 53.2. The fourth-order valence-electron chi connectivity index (χ4n) is 1.59. The third-order valence-corrected chi connectivity index (χ3v) is 3.39. The molecule has 0 unspecified atom stereocenters. The lowest BCUT2D eigenvalue weighted by atomic mass is 9.86. The van der Waals surface area contributed by atoms with Crippen LogP contribution in [0.15, 0.2) is 16.5 Å². The van der Waals surface area contributed by atoms with Gasteiger partial charge in [0.1, 0.15) is 5.66 Å². The highest BCUT2D eigenvalue weighted by atomic mass is 19.4. The molecule has 1 aromatic rings. The van der Waals surface area contributed by atoms with Crippen LogP contribution in [0.2, 0.25) is 0 Å². The highest BCUT2D eigenvalue weighted by Gasteiger charge is 2.53. The highest BCUT2D eigenvalue weighted by Crippen LogP contribution is 2.37. The largest absolute Gasteiger partial charge is 0.532 e. The van der Waals surface area contributed by atoms with Crippen molar-refractivity contribution in [3.8, 4) is 0 Å². The molecule has 0 bridgehead atoms. The zero-order chi connectivity index (χ0) is 13.8. The van der Waals surface area contributed by atoms with E-state index in [1.165, 1.54) is 6.07 Å². The lowest BCUT2D eigenvalue weighted by Gasteiger charge is -2.32. The molecular weight excluding hydrogens is 248 g/mol. The maximum absolute atomic E-state index is 12.4. The molecule has 0 atom stereocenters. The molecule has 0 aliphatic carbocycles. The molecule has 0 spiro atoms. The molecule has 1 aliphatic rings. The summed E-state index contributed by atoms with van der Waals surface area (Å²) in [7, 11) is -0.911. The maximum atomic E-state index is 12.4. The van der Waals surface area contributed by atoms with E-state index in [-0.39, 0.29) is 5.66 Å². The second-order valence-corrected chi connectivity index (χ2v) is 5.29. The van der Waals surface area contributed by atoms with Gasteiger partial charge in [0.15, 0.2) is 0 Å². The lowest BCUT2D eigenvalue weighted by molar-refractivity contribution is -0.152. The molecule has 1 aliphatic heterocycles. The molecule has 0 aromatic carbocycles. The van der Waals surface area contributed by atoms with E-state index in [1.807, 2.05) is 27.7 Å². The summed E-state index contributed by atoms with van der Waals surface area (Å²) in [5.41, 5.74) is -1.19. The summed E-state index contributed by atoms with van der Waals surface area (Å²) in [6, 6.07) is 2.10. The molecule has 3 nitrogen and oxygen atoms in total. The first-order chi connectivity index (χ1) is 8.03. The first-order valence-electron chi connectivity index (χ1n) is 5.55. The van der Waals surface area contributed by atoms with Crippen LogP contribution in [-0.4, -0.2) is 18.3 Å². The van der Waals surface area contributed by atoms with Gasteiger partial charge < -0.3 is 13.7 Å². The van der Waals surface area contributed by atoms with Gasteiger partial charge >= 0.3 is 13.3 Å². The molecule has 2 rings (SSSR count). The van der Waals surface area contributed by atoms with Crippen molar-refractivity contribution in [1.82, 2.24) is 0 Å². The van der Waals surface area contributed by atoms with Crippen LogP contribution in [0.3, 0.4) is 0 Å². The van der Waals surface area contributed by atoms with Crippen molar-refractivity contribution in [2.75, 3.05) is 0 Å². The van der Waals surface area contributed by atoms with Gasteiger partial charge in [-0.05, 0) is 39.8 Å². The Morgan fingerprint density at radius 1 is 1.00 bits per heavy atom. The van der Waals surface area contributed by atoms with Gasteiger partial charge in [-0.1, -0.05) is 0 Å². The maximum Gasteiger partial charge on any atom is 0.532 e. The van der Waals surface area contributed by atoms with Crippen molar-refractivity contribution in [2.24, 2.45) is 0 Å². The number of rotatable bonds is 1. The van der Waals surface area contributed by atoms with Crippen LogP contribution in [-0.2, 0) is 15.5 Å². The van der Waals surface area contributed by atoms with Gasteiger partial charge in [0.05, 0.1) is 11.2 Å². The van der Waals surface area contributed by atoms with Crippen molar-refractivity contribution in [1.29, 1.82) is 0 Å². The molecular formula is C11H14BF3O3. The summed E-state index contributed by atoms with van der Waals surface area (Å²) in [6.07, 6.45) is -4.50. The van der Waals surface area contributed by atoms with Crippen LogP contribution in [0.1, 0.15) is 33.5 Å². The molecule has 100 valence electrons. The summed E-state index contributed by atoms with van der Waals surface area (Å²) >= 11 is 0. The summed E-state index contributed by atoms with van der Waals surface area (Å²) in [5.74, 6) is -1.05. The Labute approximate surface area is 103 Å². The Hall–Kier alpha value is -0.945. The Morgan fingerprint density at radius 2 is 1.50 bits per heavy atom. The monoisotopic (exact) mass is 262 g/mol. The fraction of sp³-hybridized carbons (Fsp3) is 0.636. The lowest BCUT2D eigenvalue weighted by Crippen LogP contribution is -2.41. The average molecular weight is 262 g/mol. The SMILES string of the molecule is CC1(C)OB(c2ccc(C(F)(F)F)o2)OC1(C)C. The van der Waals surface area contributed by atoms with E-state index in [1.54, 1.807) is 0 Å². The smallest absolute Gasteiger partial charge is 0.460 e. The molecule has 1 fully saturated rings. The molecule has 7 heteroatoms. The van der Waals surface area contributed by atoms with Crippen molar-refractivity contribution >= 4 is 12.8 Å². The number of hydrogen-bond donors (Lipinski definition) is 0. The van der Waals surface area contributed by atoms with Crippen LogP contribution < -0.4 is 5.66 Å². The molecule has 1 saturated heterocycles. The highest BCUT2D eigenvalue weighted by molar-refractivity contribution is 6.60. The van der Waals surface area contributed by atoms with Gasteiger partial charge in [0, 0.05) is 0 Å². The van der Waals surface area contributed by atoms with Gasteiger partial charge in [-0.2, -0.15) is 13.2 Å². The van der Waals surface area contributed by atoms with Crippen LogP contribution in [0.25, 0.3) is 0 Å². The third kappa shape index (κ3) is 2.17. The number of hydrogen-bond acceptors (Lipinski definition) is 3. The van der Waals surface area contributed by atoms with Crippen LogP contribution in [0, 0.1) is 0 Å². The topological polar surface area (TPSA) is 31.6 Å². The van der Waals surface area contributed by atoms with Crippen molar-refractivity contribution in [3.05, 3.63) is 17.9 Å². The second-order valence-electron chi connectivity index (χ2n) is 5.29. The molecule has 0 amide bonds. The Balaban J connectivity index is 2.23. The molecule has 0 radical (unpaired) electrons. The minimum absolute atomic E-state index is 0.0287. The van der Waals surface area contributed by atoms with Crippen LogP contribution in [0.4, 0.5) is 13.2 Å². The summed E-state index contributed by atoms with van der Waals surface area (Å²) in [5, 5.41) is 0. The molecule has 0 saturated carbocycles. The standard InChI is InChI=1S/C11H14BF3O3/c1-9(2)10(3,4)18-12(17-9)8-6-5-7(16-8)11(13,14)15/h5-6H,1-4H3. The van der Waals surface area contributed by atoms with Crippen LogP contribution in [0.5, 0.6) is 0 Å². The normalized spacial score (nSPS) is 22.5. The van der Waals surface area contributed by atoms with E-state index >= 15 is 0 Å². The van der Waals surface area contributed by atoms with Gasteiger partial charge in [0.25, 0.3) is 0 Å². The molecule has 1 aromatic heterocycles. The van der Waals surface area contributed by atoms with E-state index in [9.17, 15) is 13.2 Å². The zero-order valence-corrected chi connectivity index (χ0v) is 10.6. The minimum atomic E-state index is -4.50. The van der Waals surface area contributed by atoms with Gasteiger partial charge in [0.2, 0.25) is 5.76 Å². The van der Waals surface area contributed by atoms with E-state index in [0.717, 1.165) is 6.07 Å². The third-order valence-electron chi connectivity index (χ3n) is 3.39. The Morgan fingerprint density at radius 3 is 1.89 bits per heavy atom. The second kappa shape index (κ2) is 3.77. The first-order valence-corrected chi connectivity index (χ1v) is 5.55. The zero-order valence-electron chi connectivity index (χ0n) is 10.6. The van der Waals surface area contributed by atoms with Gasteiger partial charge in [-0.3, -0.25) is 0 Å². The Kier molecular flexibility index (Phi) is 2.83. The summed E-state index contributed by atoms with van der Waals surface area (Å²) in [4.78, 5) is 0. The van der Waals surface area contributed by atoms with E-state index in [4.69, 9.17) is 13.7 Å². The van der Waals surface area contributed by atoms with Crippen molar-refractivity contribution < 1.29 is 26.9 Å². The summed E-state index contributed by atoms with van der Waals surface area (Å²) in [6.45, 7) is 7.28. The van der Waals surface area contributed by atoms with Crippen molar-refractivity contribution in [2.45, 2.75) is 45.1 Å². The molecule has 2 heterocycles.